The van der Waals surface area contributed by atoms with E-state index in [1.54, 1.807) is 0 Å². The van der Waals surface area contributed by atoms with Crippen molar-refractivity contribution in [2.45, 2.75) is 79.1 Å². The smallest absolute Gasteiger partial charge is 0.0383 e. The van der Waals surface area contributed by atoms with E-state index in [0.717, 1.165) is 23.7 Å². The van der Waals surface area contributed by atoms with Crippen LogP contribution in [0, 0.1) is 23.7 Å². The molecular formula is C16H32. The summed E-state index contributed by atoms with van der Waals surface area (Å²) >= 11 is 0. The first-order chi connectivity index (χ1) is 7.59. The molecule has 0 amide bonds. The highest BCUT2D eigenvalue weighted by Gasteiger charge is 2.29. The summed E-state index contributed by atoms with van der Waals surface area (Å²) in [5.74, 6) is 4.00. The van der Waals surface area contributed by atoms with E-state index in [4.69, 9.17) is 0 Å². The summed E-state index contributed by atoms with van der Waals surface area (Å²) < 4.78 is 0. The highest BCUT2D eigenvalue weighted by molar-refractivity contribution is 4.80. The number of hydrogen-bond acceptors (Lipinski definition) is 0. The van der Waals surface area contributed by atoms with Gasteiger partial charge in [-0.2, -0.15) is 0 Å². The van der Waals surface area contributed by atoms with Crippen molar-refractivity contribution in [3.05, 3.63) is 0 Å². The van der Waals surface area contributed by atoms with Crippen molar-refractivity contribution in [1.82, 2.24) is 0 Å². The van der Waals surface area contributed by atoms with Gasteiger partial charge in [0.25, 0.3) is 0 Å². The first-order valence-corrected chi connectivity index (χ1v) is 7.59. The molecule has 96 valence electrons. The minimum atomic E-state index is 0.899. The van der Waals surface area contributed by atoms with Crippen molar-refractivity contribution in [2.75, 3.05) is 0 Å². The maximum atomic E-state index is 2.48. The van der Waals surface area contributed by atoms with E-state index < -0.39 is 0 Å². The summed E-state index contributed by atoms with van der Waals surface area (Å²) in [6.07, 6.45) is 11.8. The van der Waals surface area contributed by atoms with Crippen molar-refractivity contribution in [3.8, 4) is 0 Å². The van der Waals surface area contributed by atoms with Gasteiger partial charge < -0.3 is 0 Å². The van der Waals surface area contributed by atoms with Gasteiger partial charge in [-0.25, -0.2) is 0 Å². The number of rotatable bonds is 8. The summed E-state index contributed by atoms with van der Waals surface area (Å²) in [5.41, 5.74) is 0. The number of unbranched alkanes of at least 4 members (excludes halogenated alkanes) is 3. The van der Waals surface area contributed by atoms with E-state index in [0.29, 0.717) is 0 Å². The van der Waals surface area contributed by atoms with Gasteiger partial charge in [0.1, 0.15) is 0 Å². The van der Waals surface area contributed by atoms with Crippen LogP contribution in [0.4, 0.5) is 0 Å². The lowest BCUT2D eigenvalue weighted by Gasteiger charge is -2.37. The Morgan fingerprint density at radius 3 is 1.94 bits per heavy atom. The summed E-state index contributed by atoms with van der Waals surface area (Å²) in [6.45, 7) is 9.54. The molecule has 0 nitrogen and oxygen atoms in total. The van der Waals surface area contributed by atoms with E-state index in [1.807, 2.05) is 0 Å². The van der Waals surface area contributed by atoms with E-state index in [1.165, 1.54) is 51.4 Å². The zero-order chi connectivity index (χ0) is 12.0. The van der Waals surface area contributed by atoms with Crippen LogP contribution in [-0.2, 0) is 0 Å². The van der Waals surface area contributed by atoms with E-state index >= 15 is 0 Å². The van der Waals surface area contributed by atoms with Gasteiger partial charge in [-0.1, -0.05) is 66.2 Å². The molecular weight excluding hydrogens is 192 g/mol. The molecule has 0 aliphatic heterocycles. The van der Waals surface area contributed by atoms with Crippen LogP contribution in [0.1, 0.15) is 79.1 Å². The molecule has 0 aromatic rings. The fourth-order valence-corrected chi connectivity index (χ4v) is 3.04. The average Bonchev–Trinajstić information content (AvgIpc) is 2.17. The summed E-state index contributed by atoms with van der Waals surface area (Å²) in [6, 6.07) is 0. The fourth-order valence-electron chi connectivity index (χ4n) is 3.04. The number of hydrogen-bond donors (Lipinski definition) is 0. The summed E-state index contributed by atoms with van der Waals surface area (Å²) in [5, 5.41) is 0. The molecule has 1 aliphatic carbocycles. The Morgan fingerprint density at radius 2 is 1.44 bits per heavy atom. The van der Waals surface area contributed by atoms with E-state index in [2.05, 4.69) is 27.7 Å². The van der Waals surface area contributed by atoms with Gasteiger partial charge in [-0.3, -0.25) is 0 Å². The zero-order valence-corrected chi connectivity index (χ0v) is 12.0. The summed E-state index contributed by atoms with van der Waals surface area (Å²) in [7, 11) is 0. The van der Waals surface area contributed by atoms with Crippen LogP contribution in [-0.4, -0.2) is 0 Å². The zero-order valence-electron chi connectivity index (χ0n) is 12.0. The molecule has 0 bridgehead atoms. The first-order valence-electron chi connectivity index (χ1n) is 7.59. The molecule has 1 unspecified atom stereocenters. The average molecular weight is 224 g/mol. The van der Waals surface area contributed by atoms with Crippen molar-refractivity contribution in [2.24, 2.45) is 23.7 Å². The topological polar surface area (TPSA) is 0 Å². The fraction of sp³-hybridized carbons (Fsp3) is 1.00. The standard InChI is InChI=1S/C16H32/c1-13(2)9-7-5-6-8-10-15(4)16-11-14(3)12-16/h13-16H,5-12H2,1-4H3. The summed E-state index contributed by atoms with van der Waals surface area (Å²) in [4.78, 5) is 0. The molecule has 0 N–H and O–H groups in total. The lowest BCUT2D eigenvalue weighted by Crippen LogP contribution is -2.26. The van der Waals surface area contributed by atoms with Gasteiger partial charge in [0.2, 0.25) is 0 Å². The lowest BCUT2D eigenvalue weighted by atomic mass is 9.69. The third-order valence-electron chi connectivity index (χ3n) is 4.41. The molecule has 1 atom stereocenters. The largest absolute Gasteiger partial charge is 0.0628 e. The molecule has 0 radical (unpaired) electrons. The SMILES string of the molecule is CC(C)CCCCCCC(C)C1CC(C)C1. The maximum Gasteiger partial charge on any atom is -0.0383 e. The predicted molar refractivity (Wildman–Crippen MR) is 73.6 cm³/mol. The third-order valence-corrected chi connectivity index (χ3v) is 4.41. The van der Waals surface area contributed by atoms with Gasteiger partial charge in [0, 0.05) is 0 Å². The molecule has 0 spiro atoms. The maximum absolute atomic E-state index is 2.48. The van der Waals surface area contributed by atoms with Crippen LogP contribution in [0.3, 0.4) is 0 Å². The van der Waals surface area contributed by atoms with Crippen LogP contribution < -0.4 is 0 Å². The lowest BCUT2D eigenvalue weighted by molar-refractivity contribution is 0.138. The Morgan fingerprint density at radius 1 is 0.875 bits per heavy atom. The van der Waals surface area contributed by atoms with Crippen molar-refractivity contribution in [3.63, 3.8) is 0 Å². The highest BCUT2D eigenvalue weighted by atomic mass is 14.3. The van der Waals surface area contributed by atoms with Gasteiger partial charge in [-0.05, 0) is 36.5 Å². The molecule has 0 heteroatoms. The second-order valence-electron chi connectivity index (χ2n) is 6.70. The highest BCUT2D eigenvalue weighted by Crippen LogP contribution is 2.40. The quantitative estimate of drug-likeness (QED) is 0.466. The van der Waals surface area contributed by atoms with Crippen LogP contribution in [0.5, 0.6) is 0 Å². The Bertz CT molecular complexity index is 165. The van der Waals surface area contributed by atoms with Crippen LogP contribution in [0.25, 0.3) is 0 Å². The molecule has 0 aromatic heterocycles. The van der Waals surface area contributed by atoms with Crippen molar-refractivity contribution in [1.29, 1.82) is 0 Å². The van der Waals surface area contributed by atoms with Crippen LogP contribution >= 0.6 is 0 Å². The second-order valence-corrected chi connectivity index (χ2v) is 6.70. The van der Waals surface area contributed by atoms with Crippen LogP contribution in [0.15, 0.2) is 0 Å². The Balaban J connectivity index is 1.87. The Labute approximate surface area is 103 Å². The molecule has 16 heavy (non-hydrogen) atoms. The minimum absolute atomic E-state index is 0.899. The monoisotopic (exact) mass is 224 g/mol. The third kappa shape index (κ3) is 5.37. The van der Waals surface area contributed by atoms with Crippen molar-refractivity contribution >= 4 is 0 Å². The minimum Gasteiger partial charge on any atom is -0.0628 e. The van der Waals surface area contributed by atoms with Gasteiger partial charge in [-0.15, -0.1) is 0 Å². The van der Waals surface area contributed by atoms with Gasteiger partial charge >= 0.3 is 0 Å². The molecule has 0 aromatic carbocycles. The van der Waals surface area contributed by atoms with E-state index in [9.17, 15) is 0 Å². The molecule has 1 saturated carbocycles. The first kappa shape index (κ1) is 14.1. The molecule has 1 fully saturated rings. The van der Waals surface area contributed by atoms with E-state index in [-0.39, 0.29) is 0 Å². The Hall–Kier alpha value is 0. The molecule has 1 rings (SSSR count). The molecule has 0 saturated heterocycles. The van der Waals surface area contributed by atoms with Gasteiger partial charge in [0.05, 0.1) is 0 Å². The van der Waals surface area contributed by atoms with Gasteiger partial charge in [0.15, 0.2) is 0 Å². The van der Waals surface area contributed by atoms with Crippen molar-refractivity contribution < 1.29 is 0 Å². The Kier molecular flexibility index (Phi) is 6.46. The molecule has 0 heterocycles. The predicted octanol–water partition coefficient (Wildman–Crippen LogP) is 5.67. The van der Waals surface area contributed by atoms with Crippen LogP contribution in [0.2, 0.25) is 0 Å². The second kappa shape index (κ2) is 7.35. The molecule has 1 aliphatic rings. The normalized spacial score (nSPS) is 26.8.